The van der Waals surface area contributed by atoms with Crippen molar-refractivity contribution in [2.75, 3.05) is 0 Å². The quantitative estimate of drug-likeness (QED) is 0.871. The Morgan fingerprint density at radius 1 is 1.30 bits per heavy atom. The van der Waals surface area contributed by atoms with Gasteiger partial charge in [-0.2, -0.15) is 0 Å². The molecule has 5 nitrogen and oxygen atoms in total. The third-order valence-electron chi connectivity index (χ3n) is 2.58. The summed E-state index contributed by atoms with van der Waals surface area (Å²) >= 11 is 1.38. The van der Waals surface area contributed by atoms with Crippen LogP contribution >= 0.6 is 11.8 Å². The van der Waals surface area contributed by atoms with Gasteiger partial charge in [0.15, 0.2) is 0 Å². The van der Waals surface area contributed by atoms with Crippen LogP contribution in [0, 0.1) is 0 Å². The number of aromatic nitrogens is 2. The highest BCUT2D eigenvalue weighted by Gasteiger charge is 2.21. The Morgan fingerprint density at radius 2 is 2.00 bits per heavy atom. The summed E-state index contributed by atoms with van der Waals surface area (Å²) < 4.78 is 5.58. The second-order valence-corrected chi connectivity index (χ2v) is 6.36. The van der Waals surface area contributed by atoms with Gasteiger partial charge in [0.05, 0.1) is 11.3 Å². The first-order valence-electron chi connectivity index (χ1n) is 6.16. The molecule has 106 valence electrons. The predicted octanol–water partition coefficient (Wildman–Crippen LogP) is 3.36. The molecule has 0 saturated carbocycles. The number of carboxylic acid groups (broad SMARTS) is 1. The van der Waals surface area contributed by atoms with Crippen LogP contribution in [0.2, 0.25) is 0 Å². The van der Waals surface area contributed by atoms with Crippen LogP contribution in [-0.4, -0.2) is 21.3 Å². The first kappa shape index (κ1) is 14.6. The van der Waals surface area contributed by atoms with Crippen LogP contribution < -0.4 is 0 Å². The van der Waals surface area contributed by atoms with Crippen molar-refractivity contribution < 1.29 is 14.3 Å². The summed E-state index contributed by atoms with van der Waals surface area (Å²) in [4.78, 5) is 11.8. The fraction of sp³-hybridized carbons (Fsp3) is 0.357. The number of carboxylic acids is 1. The van der Waals surface area contributed by atoms with E-state index >= 15 is 0 Å². The van der Waals surface area contributed by atoms with Crippen molar-refractivity contribution in [3.05, 3.63) is 41.6 Å². The lowest BCUT2D eigenvalue weighted by Gasteiger charge is -2.10. The average molecular weight is 292 g/mol. The molecule has 1 aromatic carbocycles. The number of benzene rings is 1. The number of aromatic carboxylic acids is 1. The van der Waals surface area contributed by atoms with Gasteiger partial charge in [0.2, 0.25) is 11.8 Å². The summed E-state index contributed by atoms with van der Waals surface area (Å²) in [6, 6.07) is 6.87. The summed E-state index contributed by atoms with van der Waals surface area (Å²) in [6.45, 7) is 5.99. The highest BCUT2D eigenvalue weighted by Crippen LogP contribution is 2.27. The average Bonchev–Trinajstić information content (AvgIpc) is 2.85. The molecule has 0 aliphatic rings. The van der Waals surface area contributed by atoms with E-state index in [1.54, 1.807) is 18.2 Å². The molecule has 0 fully saturated rings. The molecule has 1 aromatic heterocycles. The van der Waals surface area contributed by atoms with Crippen LogP contribution in [-0.2, 0) is 11.2 Å². The Balaban J connectivity index is 2.10. The molecule has 20 heavy (non-hydrogen) atoms. The van der Waals surface area contributed by atoms with E-state index in [1.807, 2.05) is 26.8 Å². The number of hydrogen-bond donors (Lipinski definition) is 1. The Bertz CT molecular complexity index is 617. The van der Waals surface area contributed by atoms with E-state index in [0.29, 0.717) is 22.4 Å². The molecule has 0 atom stereocenters. The van der Waals surface area contributed by atoms with Crippen molar-refractivity contribution in [1.82, 2.24) is 10.2 Å². The zero-order valence-corrected chi connectivity index (χ0v) is 12.4. The largest absolute Gasteiger partial charge is 0.478 e. The molecule has 1 N–H and O–H groups in total. The fourth-order valence-corrected chi connectivity index (χ4v) is 2.40. The van der Waals surface area contributed by atoms with E-state index in [-0.39, 0.29) is 11.0 Å². The van der Waals surface area contributed by atoms with Gasteiger partial charge in [-0.3, -0.25) is 0 Å². The number of carbonyl (C=O) groups is 1. The highest BCUT2D eigenvalue weighted by atomic mass is 32.2. The zero-order chi connectivity index (χ0) is 14.8. The molecule has 0 bridgehead atoms. The van der Waals surface area contributed by atoms with Crippen LogP contribution in [0.25, 0.3) is 0 Å². The van der Waals surface area contributed by atoms with Crippen LogP contribution in [0.1, 0.15) is 42.9 Å². The molecule has 2 aromatic rings. The van der Waals surface area contributed by atoms with Crippen LogP contribution in [0.15, 0.2) is 33.6 Å². The molecule has 2 rings (SSSR count). The van der Waals surface area contributed by atoms with Gasteiger partial charge in [0.25, 0.3) is 0 Å². The lowest BCUT2D eigenvalue weighted by molar-refractivity contribution is 0.0693. The van der Waals surface area contributed by atoms with Gasteiger partial charge in [-0.05, 0) is 12.1 Å². The monoisotopic (exact) mass is 292 g/mol. The number of hydrogen-bond acceptors (Lipinski definition) is 5. The lowest BCUT2D eigenvalue weighted by atomic mass is 9.97. The summed E-state index contributed by atoms with van der Waals surface area (Å²) in [6.07, 6.45) is 0. The Kier molecular flexibility index (Phi) is 4.13. The topological polar surface area (TPSA) is 76.2 Å². The minimum absolute atomic E-state index is 0.186. The fourth-order valence-electron chi connectivity index (χ4n) is 1.52. The smallest absolute Gasteiger partial charge is 0.336 e. The van der Waals surface area contributed by atoms with Gasteiger partial charge in [-0.15, -0.1) is 22.0 Å². The molecule has 0 saturated heterocycles. The number of rotatable bonds is 4. The molecule has 0 unspecified atom stereocenters. The minimum Gasteiger partial charge on any atom is -0.478 e. The van der Waals surface area contributed by atoms with E-state index < -0.39 is 5.97 Å². The molecule has 0 spiro atoms. The van der Waals surface area contributed by atoms with Gasteiger partial charge in [0, 0.05) is 10.3 Å². The molecular weight excluding hydrogens is 276 g/mol. The molecule has 0 aliphatic heterocycles. The first-order valence-corrected chi connectivity index (χ1v) is 7.14. The summed E-state index contributed by atoms with van der Waals surface area (Å²) in [5.41, 5.74) is 0.0996. The second-order valence-electron chi connectivity index (χ2n) is 5.34. The SMILES string of the molecule is CC(C)(C)c1nnc(CSc2ccccc2C(=O)O)o1. The summed E-state index contributed by atoms with van der Waals surface area (Å²) in [5, 5.41) is 17.1. The van der Waals surface area contributed by atoms with Crippen LogP contribution in [0.4, 0.5) is 0 Å². The van der Waals surface area contributed by atoms with Crippen molar-refractivity contribution in [1.29, 1.82) is 0 Å². The molecule has 6 heteroatoms. The van der Waals surface area contributed by atoms with Crippen molar-refractivity contribution in [3.8, 4) is 0 Å². The van der Waals surface area contributed by atoms with E-state index in [4.69, 9.17) is 9.52 Å². The van der Waals surface area contributed by atoms with E-state index in [0.717, 1.165) is 0 Å². The maximum atomic E-state index is 11.1. The highest BCUT2D eigenvalue weighted by molar-refractivity contribution is 7.98. The van der Waals surface area contributed by atoms with Crippen molar-refractivity contribution in [2.45, 2.75) is 36.8 Å². The van der Waals surface area contributed by atoms with Gasteiger partial charge in [-0.25, -0.2) is 4.79 Å². The van der Waals surface area contributed by atoms with Gasteiger partial charge in [-0.1, -0.05) is 32.9 Å². The Morgan fingerprint density at radius 3 is 2.60 bits per heavy atom. The maximum Gasteiger partial charge on any atom is 0.336 e. The second kappa shape index (κ2) is 5.66. The van der Waals surface area contributed by atoms with Crippen LogP contribution in [0.5, 0.6) is 0 Å². The van der Waals surface area contributed by atoms with Gasteiger partial charge < -0.3 is 9.52 Å². The maximum absolute atomic E-state index is 11.1. The van der Waals surface area contributed by atoms with Crippen molar-refractivity contribution >= 4 is 17.7 Å². The summed E-state index contributed by atoms with van der Waals surface area (Å²) in [5.74, 6) is 0.599. The normalized spacial score (nSPS) is 11.6. The Labute approximate surface area is 121 Å². The lowest BCUT2D eigenvalue weighted by Crippen LogP contribution is -2.11. The molecular formula is C14H16N2O3S. The summed E-state index contributed by atoms with van der Waals surface area (Å²) in [7, 11) is 0. The Hall–Kier alpha value is -1.82. The zero-order valence-electron chi connectivity index (χ0n) is 11.6. The molecule has 1 heterocycles. The van der Waals surface area contributed by atoms with Crippen molar-refractivity contribution in [2.24, 2.45) is 0 Å². The van der Waals surface area contributed by atoms with Crippen LogP contribution in [0.3, 0.4) is 0 Å². The van der Waals surface area contributed by atoms with Crippen molar-refractivity contribution in [3.63, 3.8) is 0 Å². The predicted molar refractivity (Wildman–Crippen MR) is 76.0 cm³/mol. The minimum atomic E-state index is -0.936. The molecule has 0 aliphatic carbocycles. The van der Waals surface area contributed by atoms with E-state index in [2.05, 4.69) is 10.2 Å². The number of nitrogens with zero attached hydrogens (tertiary/aromatic N) is 2. The third-order valence-corrected chi connectivity index (χ3v) is 3.64. The number of thioether (sulfide) groups is 1. The van der Waals surface area contributed by atoms with E-state index in [9.17, 15) is 4.79 Å². The van der Waals surface area contributed by atoms with E-state index in [1.165, 1.54) is 11.8 Å². The first-order chi connectivity index (χ1) is 9.38. The molecule has 0 amide bonds. The van der Waals surface area contributed by atoms with Gasteiger partial charge >= 0.3 is 5.97 Å². The third kappa shape index (κ3) is 3.39. The molecule has 0 radical (unpaired) electrons. The van der Waals surface area contributed by atoms with Gasteiger partial charge in [0.1, 0.15) is 0 Å². The standard InChI is InChI=1S/C14H16N2O3S/c1-14(2,3)13-16-15-11(19-13)8-20-10-7-5-4-6-9(10)12(17)18/h4-7H,8H2,1-3H3,(H,17,18).